The summed E-state index contributed by atoms with van der Waals surface area (Å²) in [7, 11) is 0. The average Bonchev–Trinajstić information content (AvgIpc) is 3.31. The second kappa shape index (κ2) is 11.2. The lowest BCUT2D eigenvalue weighted by molar-refractivity contribution is 0.0944. The monoisotopic (exact) mass is 492 g/mol. The summed E-state index contributed by atoms with van der Waals surface area (Å²) in [6.45, 7) is 5.07. The van der Waals surface area contributed by atoms with Crippen molar-refractivity contribution in [3.63, 3.8) is 0 Å². The van der Waals surface area contributed by atoms with Crippen LogP contribution in [-0.4, -0.2) is 69.7 Å². The Labute approximate surface area is 209 Å². The Morgan fingerprint density at radius 1 is 1.22 bits per heavy atom. The van der Waals surface area contributed by atoms with Crippen LogP contribution in [0.4, 0.5) is 4.79 Å². The molecule has 0 spiro atoms. The summed E-state index contributed by atoms with van der Waals surface area (Å²) in [6, 6.07) is 10.9. The number of benzene rings is 1. The maximum Gasteiger partial charge on any atom is 0.345 e. The summed E-state index contributed by atoms with van der Waals surface area (Å²) in [6.07, 6.45) is 5.02. The number of nitrogens with one attached hydrogen (secondary N) is 1. The molecule has 2 aromatic heterocycles. The van der Waals surface area contributed by atoms with Gasteiger partial charge in [0.2, 0.25) is 0 Å². The summed E-state index contributed by atoms with van der Waals surface area (Å²) >= 11 is 0. The third kappa shape index (κ3) is 5.83. The number of nitrogens with zero attached hydrogens (tertiary/aromatic N) is 4. The molecule has 0 unspecified atom stereocenters. The molecule has 3 aromatic rings. The first-order valence-corrected chi connectivity index (χ1v) is 12.1. The van der Waals surface area contributed by atoms with Gasteiger partial charge in [0, 0.05) is 55.5 Å². The van der Waals surface area contributed by atoms with E-state index in [9.17, 15) is 9.59 Å². The van der Waals surface area contributed by atoms with Gasteiger partial charge in [0.1, 0.15) is 23.5 Å². The van der Waals surface area contributed by atoms with Crippen LogP contribution in [0, 0.1) is 5.92 Å². The van der Waals surface area contributed by atoms with Crippen molar-refractivity contribution in [2.45, 2.75) is 32.8 Å². The highest BCUT2D eigenvalue weighted by atomic mass is 16.5. The van der Waals surface area contributed by atoms with Crippen LogP contribution in [0.15, 0.2) is 53.8 Å². The minimum absolute atomic E-state index is 0.00376. The highest BCUT2D eigenvalue weighted by molar-refractivity contribution is 5.98. The van der Waals surface area contributed by atoms with E-state index >= 15 is 0 Å². The lowest BCUT2D eigenvalue weighted by Crippen LogP contribution is -2.41. The molecule has 0 bridgehead atoms. The number of fused-ring (bicyclic) bond motifs is 1. The number of hydrogen-bond acceptors (Lipinski definition) is 5. The molecule has 36 heavy (non-hydrogen) atoms. The Kier molecular flexibility index (Phi) is 7.84. The van der Waals surface area contributed by atoms with E-state index in [1.807, 2.05) is 54.9 Å². The molecule has 190 valence electrons. The van der Waals surface area contributed by atoms with E-state index in [1.54, 1.807) is 17.2 Å². The molecular formula is C26H32N6O4. The fourth-order valence-electron chi connectivity index (χ4n) is 4.01. The number of aliphatic hydroxyl groups excluding tert-OH is 1. The van der Waals surface area contributed by atoms with Gasteiger partial charge in [-0.1, -0.05) is 13.8 Å². The third-order valence-electron chi connectivity index (χ3n) is 6.15. The predicted octanol–water partition coefficient (Wildman–Crippen LogP) is 2.72. The number of carbonyl (C=O) groups is 2. The normalized spacial score (nSPS) is 14.9. The van der Waals surface area contributed by atoms with Gasteiger partial charge < -0.3 is 30.4 Å². The number of hydrogen-bond donors (Lipinski definition) is 3. The largest absolute Gasteiger partial charge is 0.489 e. The zero-order valence-electron chi connectivity index (χ0n) is 20.6. The minimum atomic E-state index is -0.289. The molecule has 10 heteroatoms. The summed E-state index contributed by atoms with van der Waals surface area (Å²) in [4.78, 5) is 34.7. The smallest absolute Gasteiger partial charge is 0.345 e. The second-order valence-corrected chi connectivity index (χ2v) is 9.07. The maximum atomic E-state index is 12.3. The average molecular weight is 493 g/mol. The Bertz CT molecular complexity index is 1240. The van der Waals surface area contributed by atoms with E-state index in [0.29, 0.717) is 43.1 Å². The van der Waals surface area contributed by atoms with E-state index in [1.165, 1.54) is 0 Å². The molecule has 1 aliphatic rings. The fraction of sp³-hybridized carbons (Fsp3) is 0.385. The SMILES string of the molecule is CC(C)/C(N)=N/C(=O)N1CCC(Oc2ccc(-n3ccc4cc(C(=O)NCCO)ccc43)nc2)CC1. The van der Waals surface area contributed by atoms with Crippen LogP contribution < -0.4 is 15.8 Å². The molecule has 1 saturated heterocycles. The molecule has 0 atom stereocenters. The Morgan fingerprint density at radius 2 is 2.00 bits per heavy atom. The summed E-state index contributed by atoms with van der Waals surface area (Å²) < 4.78 is 8.05. The first-order chi connectivity index (χ1) is 17.4. The van der Waals surface area contributed by atoms with Crippen molar-refractivity contribution in [2.24, 2.45) is 16.6 Å². The van der Waals surface area contributed by atoms with E-state index in [-0.39, 0.29) is 37.1 Å². The van der Waals surface area contributed by atoms with Crippen molar-refractivity contribution >= 4 is 28.7 Å². The maximum absolute atomic E-state index is 12.3. The van der Waals surface area contributed by atoms with Gasteiger partial charge in [-0.25, -0.2) is 9.78 Å². The van der Waals surface area contributed by atoms with Crippen LogP contribution in [-0.2, 0) is 0 Å². The Morgan fingerprint density at radius 3 is 2.67 bits per heavy atom. The van der Waals surface area contributed by atoms with Gasteiger partial charge in [-0.05, 0) is 36.4 Å². The number of amides is 3. The van der Waals surface area contributed by atoms with Gasteiger partial charge in [-0.2, -0.15) is 4.99 Å². The quantitative estimate of drug-likeness (QED) is 0.343. The van der Waals surface area contributed by atoms with Gasteiger partial charge in [-0.15, -0.1) is 0 Å². The molecule has 3 heterocycles. The number of rotatable bonds is 7. The third-order valence-corrected chi connectivity index (χ3v) is 6.15. The highest BCUT2D eigenvalue weighted by Gasteiger charge is 2.24. The molecule has 1 aromatic carbocycles. The van der Waals surface area contributed by atoms with E-state index in [4.69, 9.17) is 15.6 Å². The van der Waals surface area contributed by atoms with Gasteiger partial charge in [0.25, 0.3) is 5.91 Å². The number of amidine groups is 1. The molecule has 4 N–H and O–H groups in total. The Hall–Kier alpha value is -3.92. The van der Waals surface area contributed by atoms with Crippen molar-refractivity contribution in [1.82, 2.24) is 19.8 Å². The number of aliphatic imine (C=N–C) groups is 1. The number of urea groups is 1. The predicted molar refractivity (Wildman–Crippen MR) is 138 cm³/mol. The van der Waals surface area contributed by atoms with Crippen LogP contribution in [0.2, 0.25) is 0 Å². The molecule has 4 rings (SSSR count). The van der Waals surface area contributed by atoms with Crippen molar-refractivity contribution < 1.29 is 19.4 Å². The molecule has 0 radical (unpaired) electrons. The zero-order chi connectivity index (χ0) is 25.7. The van der Waals surface area contributed by atoms with Crippen LogP contribution in [0.1, 0.15) is 37.0 Å². The Balaban J connectivity index is 1.36. The lowest BCUT2D eigenvalue weighted by Gasteiger charge is -2.31. The number of ether oxygens (including phenoxy) is 1. The van der Waals surface area contributed by atoms with Gasteiger partial charge in [-0.3, -0.25) is 4.79 Å². The van der Waals surface area contributed by atoms with E-state index < -0.39 is 0 Å². The number of nitrogens with two attached hydrogens (primary N) is 1. The molecule has 1 fully saturated rings. The number of piperidine rings is 1. The van der Waals surface area contributed by atoms with Crippen LogP contribution >= 0.6 is 0 Å². The van der Waals surface area contributed by atoms with Gasteiger partial charge in [0.15, 0.2) is 0 Å². The number of pyridine rings is 1. The first kappa shape index (κ1) is 25.2. The van der Waals surface area contributed by atoms with E-state index in [0.717, 1.165) is 16.7 Å². The number of aliphatic hydroxyl groups is 1. The van der Waals surface area contributed by atoms with Crippen molar-refractivity contribution in [3.05, 3.63) is 54.4 Å². The highest BCUT2D eigenvalue weighted by Crippen LogP contribution is 2.23. The molecule has 1 aliphatic heterocycles. The molecule has 0 saturated carbocycles. The number of aromatic nitrogens is 2. The van der Waals surface area contributed by atoms with Gasteiger partial charge >= 0.3 is 6.03 Å². The summed E-state index contributed by atoms with van der Waals surface area (Å²) in [5, 5.41) is 12.5. The fourth-order valence-corrected chi connectivity index (χ4v) is 4.01. The second-order valence-electron chi connectivity index (χ2n) is 9.07. The molecular weight excluding hydrogens is 460 g/mol. The molecule has 10 nitrogen and oxygen atoms in total. The van der Waals surface area contributed by atoms with Crippen LogP contribution in [0.5, 0.6) is 5.75 Å². The van der Waals surface area contributed by atoms with Crippen molar-refractivity contribution in [1.29, 1.82) is 0 Å². The standard InChI is InChI=1S/C26H32N6O4/c1-17(2)24(27)30-26(35)31-11-8-20(9-12-31)36-21-4-6-23(29-16-21)32-13-7-18-15-19(3-5-22(18)32)25(34)28-10-14-33/h3-7,13,15-17,20,33H,8-12,14H2,1-2H3,(H,28,34)(H2,27,30,35). The van der Waals surface area contributed by atoms with Crippen molar-refractivity contribution in [3.8, 4) is 11.6 Å². The van der Waals surface area contributed by atoms with Gasteiger partial charge in [0.05, 0.1) is 18.3 Å². The number of likely N-dealkylation sites (tertiary alicyclic amines) is 1. The molecule has 3 amide bonds. The van der Waals surface area contributed by atoms with Crippen molar-refractivity contribution in [2.75, 3.05) is 26.2 Å². The van der Waals surface area contributed by atoms with E-state index in [2.05, 4.69) is 15.3 Å². The first-order valence-electron chi connectivity index (χ1n) is 12.1. The number of carbonyl (C=O) groups excluding carboxylic acids is 2. The summed E-state index contributed by atoms with van der Waals surface area (Å²) in [5.74, 6) is 1.57. The zero-order valence-corrected chi connectivity index (χ0v) is 20.6. The summed E-state index contributed by atoms with van der Waals surface area (Å²) in [5.41, 5.74) is 7.27. The molecule has 0 aliphatic carbocycles. The van der Waals surface area contributed by atoms with Crippen LogP contribution in [0.3, 0.4) is 0 Å². The van der Waals surface area contributed by atoms with Crippen LogP contribution in [0.25, 0.3) is 16.7 Å². The topological polar surface area (TPSA) is 135 Å². The minimum Gasteiger partial charge on any atom is -0.489 e. The lowest BCUT2D eigenvalue weighted by atomic mass is 10.1.